The fourth-order valence-corrected chi connectivity index (χ4v) is 4.69. The first-order valence-corrected chi connectivity index (χ1v) is 10.2. The number of nitrogens with zero attached hydrogens (tertiary/aromatic N) is 2. The summed E-state index contributed by atoms with van der Waals surface area (Å²) >= 11 is 0. The van der Waals surface area contributed by atoms with E-state index >= 15 is 0 Å². The molecule has 0 unspecified atom stereocenters. The Morgan fingerprint density at radius 1 is 1.04 bits per heavy atom. The maximum atomic E-state index is 13.7. The third-order valence-corrected chi connectivity index (χ3v) is 6.61. The van der Waals surface area contributed by atoms with Crippen molar-refractivity contribution in [2.24, 2.45) is 11.8 Å². The van der Waals surface area contributed by atoms with E-state index in [9.17, 15) is 9.59 Å². The summed E-state index contributed by atoms with van der Waals surface area (Å²) in [4.78, 5) is 29.6. The highest BCUT2D eigenvalue weighted by atomic mass is 16.2. The summed E-state index contributed by atoms with van der Waals surface area (Å²) in [7, 11) is 0. The molecule has 2 fully saturated rings. The highest BCUT2D eigenvalue weighted by Crippen LogP contribution is 2.39. The van der Waals surface area contributed by atoms with Crippen LogP contribution in [0.2, 0.25) is 0 Å². The van der Waals surface area contributed by atoms with Gasteiger partial charge in [-0.05, 0) is 49.2 Å². The molecule has 0 saturated carbocycles. The molecule has 3 rings (SSSR count). The molecule has 2 amide bonds. The Morgan fingerprint density at radius 2 is 1.63 bits per heavy atom. The summed E-state index contributed by atoms with van der Waals surface area (Å²) in [6.45, 7) is 11.1. The molecule has 1 aromatic rings. The summed E-state index contributed by atoms with van der Waals surface area (Å²) < 4.78 is 0. The van der Waals surface area contributed by atoms with Crippen LogP contribution in [0, 0.1) is 11.8 Å². The molecule has 2 heterocycles. The van der Waals surface area contributed by atoms with Gasteiger partial charge in [0, 0.05) is 26.2 Å². The molecule has 2 aliphatic heterocycles. The second-order valence-corrected chi connectivity index (χ2v) is 8.35. The number of hydrogen-bond acceptors (Lipinski definition) is 2. The van der Waals surface area contributed by atoms with Gasteiger partial charge in [0.25, 0.3) is 0 Å². The summed E-state index contributed by atoms with van der Waals surface area (Å²) in [6, 6.07) is 10.2. The Kier molecular flexibility index (Phi) is 6.03. The predicted octanol–water partition coefficient (Wildman–Crippen LogP) is 3.63. The Morgan fingerprint density at radius 3 is 2.15 bits per heavy atom. The van der Waals surface area contributed by atoms with Crippen LogP contribution >= 0.6 is 0 Å². The molecule has 0 N–H and O–H groups in total. The average Bonchev–Trinajstić information content (AvgIpc) is 2.73. The van der Waals surface area contributed by atoms with Gasteiger partial charge < -0.3 is 9.80 Å². The molecule has 4 nitrogen and oxygen atoms in total. The van der Waals surface area contributed by atoms with Gasteiger partial charge in [0.15, 0.2) is 0 Å². The molecule has 0 bridgehead atoms. The maximum Gasteiger partial charge on any atom is 0.245 e. The lowest BCUT2D eigenvalue weighted by molar-refractivity contribution is -0.143. The van der Waals surface area contributed by atoms with E-state index in [1.54, 1.807) is 0 Å². The molecule has 0 aliphatic carbocycles. The Hall–Kier alpha value is -2.10. The van der Waals surface area contributed by atoms with Crippen molar-refractivity contribution in [1.82, 2.24) is 9.80 Å². The lowest BCUT2D eigenvalue weighted by Gasteiger charge is -2.45. The number of hydrogen-bond donors (Lipinski definition) is 0. The van der Waals surface area contributed by atoms with Gasteiger partial charge in [-0.1, -0.05) is 50.8 Å². The fourth-order valence-electron chi connectivity index (χ4n) is 4.69. The largest absolute Gasteiger partial charge is 0.342 e. The molecule has 146 valence electrons. The second kappa shape index (κ2) is 8.28. The van der Waals surface area contributed by atoms with Gasteiger partial charge in [-0.2, -0.15) is 0 Å². The maximum absolute atomic E-state index is 13.7. The van der Waals surface area contributed by atoms with Crippen LogP contribution in [0.15, 0.2) is 43.0 Å². The first-order valence-electron chi connectivity index (χ1n) is 10.2. The minimum absolute atomic E-state index is 0.0399. The average molecular weight is 369 g/mol. The Bertz CT molecular complexity index is 667. The van der Waals surface area contributed by atoms with E-state index in [4.69, 9.17) is 0 Å². The quantitative estimate of drug-likeness (QED) is 0.762. The smallest absolute Gasteiger partial charge is 0.245 e. The molecule has 0 aromatic heterocycles. The number of piperidine rings is 2. The molecule has 0 spiro atoms. The van der Waals surface area contributed by atoms with Crippen molar-refractivity contribution in [2.75, 3.05) is 26.2 Å². The lowest BCUT2D eigenvalue weighted by Crippen LogP contribution is -2.55. The minimum Gasteiger partial charge on any atom is -0.342 e. The fraction of sp³-hybridized carbons (Fsp3) is 0.565. The minimum atomic E-state index is -0.510. The standard InChI is InChI=1S/C23H32N2O2/c1-4-21(26)24-16-12-23(13-17-24,20-8-6-5-7-9-20)22(27)25-14-10-19(11-15-25)18(2)3/h4-9,18-19H,1,10-17H2,2-3H3. The highest BCUT2D eigenvalue weighted by molar-refractivity contribution is 5.90. The van der Waals surface area contributed by atoms with Crippen molar-refractivity contribution in [3.8, 4) is 0 Å². The monoisotopic (exact) mass is 368 g/mol. The SMILES string of the molecule is C=CC(=O)N1CCC(C(=O)N2CCC(C(C)C)CC2)(c2ccccc2)CC1. The zero-order valence-corrected chi connectivity index (χ0v) is 16.7. The molecular weight excluding hydrogens is 336 g/mol. The van der Waals surface area contributed by atoms with Gasteiger partial charge in [-0.3, -0.25) is 9.59 Å². The number of rotatable bonds is 4. The molecular formula is C23H32N2O2. The third-order valence-electron chi connectivity index (χ3n) is 6.61. The van der Waals surface area contributed by atoms with E-state index in [2.05, 4.69) is 37.5 Å². The van der Waals surface area contributed by atoms with Crippen LogP contribution < -0.4 is 0 Å². The van der Waals surface area contributed by atoms with Crippen molar-refractivity contribution in [3.63, 3.8) is 0 Å². The van der Waals surface area contributed by atoms with E-state index in [0.29, 0.717) is 37.8 Å². The predicted molar refractivity (Wildman–Crippen MR) is 108 cm³/mol. The third kappa shape index (κ3) is 3.95. The number of benzene rings is 1. The van der Waals surface area contributed by atoms with Crippen molar-refractivity contribution in [3.05, 3.63) is 48.6 Å². The van der Waals surface area contributed by atoms with Gasteiger partial charge in [-0.25, -0.2) is 0 Å². The van der Waals surface area contributed by atoms with E-state index in [1.807, 2.05) is 23.1 Å². The van der Waals surface area contributed by atoms with Gasteiger partial charge in [0.05, 0.1) is 5.41 Å². The van der Waals surface area contributed by atoms with E-state index < -0.39 is 5.41 Å². The van der Waals surface area contributed by atoms with Crippen LogP contribution in [-0.4, -0.2) is 47.8 Å². The van der Waals surface area contributed by atoms with Crippen molar-refractivity contribution in [1.29, 1.82) is 0 Å². The van der Waals surface area contributed by atoms with Gasteiger partial charge in [0.2, 0.25) is 11.8 Å². The number of carbonyl (C=O) groups excluding carboxylic acids is 2. The van der Waals surface area contributed by atoms with Gasteiger partial charge in [0.1, 0.15) is 0 Å². The molecule has 4 heteroatoms. The van der Waals surface area contributed by atoms with Crippen LogP contribution in [0.1, 0.15) is 45.1 Å². The van der Waals surface area contributed by atoms with Crippen LogP contribution in [0.4, 0.5) is 0 Å². The number of amides is 2. The molecule has 1 aromatic carbocycles. The van der Waals surface area contributed by atoms with Crippen molar-refractivity contribution in [2.45, 2.75) is 44.9 Å². The molecule has 2 aliphatic rings. The normalized spacial score (nSPS) is 20.6. The zero-order chi connectivity index (χ0) is 19.4. The van der Waals surface area contributed by atoms with E-state index in [0.717, 1.165) is 31.5 Å². The van der Waals surface area contributed by atoms with E-state index in [1.165, 1.54) is 6.08 Å². The first kappa shape index (κ1) is 19.7. The van der Waals surface area contributed by atoms with Crippen LogP contribution in [-0.2, 0) is 15.0 Å². The topological polar surface area (TPSA) is 40.6 Å². The summed E-state index contributed by atoms with van der Waals surface area (Å²) in [6.07, 6.45) is 4.91. The molecule has 2 saturated heterocycles. The van der Waals surface area contributed by atoms with Crippen molar-refractivity contribution < 1.29 is 9.59 Å². The number of likely N-dealkylation sites (tertiary alicyclic amines) is 2. The summed E-state index contributed by atoms with van der Waals surface area (Å²) in [5, 5.41) is 0. The van der Waals surface area contributed by atoms with Crippen LogP contribution in [0.25, 0.3) is 0 Å². The van der Waals surface area contributed by atoms with Crippen molar-refractivity contribution >= 4 is 11.8 Å². The van der Waals surface area contributed by atoms with Crippen LogP contribution in [0.5, 0.6) is 0 Å². The molecule has 27 heavy (non-hydrogen) atoms. The zero-order valence-electron chi connectivity index (χ0n) is 16.7. The summed E-state index contributed by atoms with van der Waals surface area (Å²) in [5.74, 6) is 1.61. The lowest BCUT2D eigenvalue weighted by atomic mass is 9.71. The summed E-state index contributed by atoms with van der Waals surface area (Å²) in [5.41, 5.74) is 0.579. The van der Waals surface area contributed by atoms with E-state index in [-0.39, 0.29) is 11.8 Å². The molecule has 0 atom stereocenters. The Labute approximate surface area is 163 Å². The number of carbonyl (C=O) groups is 2. The van der Waals surface area contributed by atoms with Gasteiger partial charge >= 0.3 is 0 Å². The highest BCUT2D eigenvalue weighted by Gasteiger charge is 2.46. The second-order valence-electron chi connectivity index (χ2n) is 8.35. The molecule has 0 radical (unpaired) electrons. The van der Waals surface area contributed by atoms with Gasteiger partial charge in [-0.15, -0.1) is 0 Å². The van der Waals surface area contributed by atoms with Crippen LogP contribution in [0.3, 0.4) is 0 Å². The first-order chi connectivity index (χ1) is 13.0. The Balaban J connectivity index is 1.81.